The molecule has 0 saturated heterocycles. The predicted molar refractivity (Wildman–Crippen MR) is 93.9 cm³/mol. The van der Waals surface area contributed by atoms with Crippen LogP contribution in [0.4, 0.5) is 5.69 Å². The largest absolute Gasteiger partial charge is 0.370 e. The molecule has 1 fully saturated rings. The second kappa shape index (κ2) is 8.78. The maximum absolute atomic E-state index is 11.9. The second-order valence-corrected chi connectivity index (χ2v) is 6.51. The van der Waals surface area contributed by atoms with Crippen LogP contribution in [0.5, 0.6) is 0 Å². The summed E-state index contributed by atoms with van der Waals surface area (Å²) in [4.78, 5) is 16.0. The Morgan fingerprint density at radius 2 is 2.00 bits per heavy atom. The molecule has 6 heteroatoms. The minimum atomic E-state index is -0.177. The van der Waals surface area contributed by atoms with Gasteiger partial charge in [-0.15, -0.1) is 0 Å². The molecule has 0 heterocycles. The van der Waals surface area contributed by atoms with Crippen molar-refractivity contribution in [2.45, 2.75) is 44.6 Å². The third-order valence-electron chi connectivity index (χ3n) is 3.71. The number of aliphatic imine (C=N–C) groups is 1. The van der Waals surface area contributed by atoms with E-state index < -0.39 is 0 Å². The number of amides is 1. The van der Waals surface area contributed by atoms with E-state index in [2.05, 4.69) is 31.6 Å². The van der Waals surface area contributed by atoms with E-state index in [0.29, 0.717) is 12.0 Å². The smallest absolute Gasteiger partial charge is 0.246 e. The lowest BCUT2D eigenvalue weighted by atomic mass is 10.1. The van der Waals surface area contributed by atoms with Gasteiger partial charge in [0.1, 0.15) is 6.54 Å². The summed E-state index contributed by atoms with van der Waals surface area (Å²) in [5.41, 5.74) is 6.61. The number of hydrogen-bond acceptors (Lipinski definition) is 2. The highest BCUT2D eigenvalue weighted by molar-refractivity contribution is 9.10. The van der Waals surface area contributed by atoms with Crippen molar-refractivity contribution in [3.8, 4) is 0 Å². The molecule has 1 amide bonds. The number of guanidine groups is 1. The molecule has 5 nitrogen and oxygen atoms in total. The van der Waals surface area contributed by atoms with Crippen LogP contribution in [0.2, 0.25) is 0 Å². The fourth-order valence-electron chi connectivity index (χ4n) is 2.60. The van der Waals surface area contributed by atoms with E-state index in [1.165, 1.54) is 25.7 Å². The molecule has 0 atom stereocenters. The van der Waals surface area contributed by atoms with E-state index in [4.69, 9.17) is 5.73 Å². The van der Waals surface area contributed by atoms with Crippen LogP contribution in [-0.2, 0) is 4.79 Å². The van der Waals surface area contributed by atoms with Crippen LogP contribution in [0.1, 0.15) is 38.5 Å². The SMILES string of the molecule is NC(=NCC(=O)Nc1cccc(Br)c1)NC1CCCCCC1. The lowest BCUT2D eigenvalue weighted by Crippen LogP contribution is -2.40. The Hall–Kier alpha value is -1.56. The maximum Gasteiger partial charge on any atom is 0.246 e. The first kappa shape index (κ1) is 16.8. The van der Waals surface area contributed by atoms with Crippen molar-refractivity contribution in [1.29, 1.82) is 0 Å². The Labute approximate surface area is 139 Å². The van der Waals surface area contributed by atoms with Gasteiger partial charge < -0.3 is 16.4 Å². The first-order valence-corrected chi connectivity index (χ1v) is 8.54. The number of anilines is 1. The van der Waals surface area contributed by atoms with E-state index >= 15 is 0 Å². The average Bonchev–Trinajstić information content (AvgIpc) is 2.74. The van der Waals surface area contributed by atoms with Crippen molar-refractivity contribution in [3.63, 3.8) is 0 Å². The molecule has 120 valence electrons. The standard InChI is InChI=1S/C16H23BrN4O/c17-12-6-5-9-14(10-12)20-15(22)11-19-16(18)21-13-7-3-1-2-4-8-13/h5-6,9-10,13H,1-4,7-8,11H2,(H,20,22)(H3,18,19,21). The number of carbonyl (C=O) groups is 1. The van der Waals surface area contributed by atoms with Crippen molar-refractivity contribution in [1.82, 2.24) is 5.32 Å². The van der Waals surface area contributed by atoms with Crippen LogP contribution >= 0.6 is 15.9 Å². The minimum Gasteiger partial charge on any atom is -0.370 e. The molecule has 0 radical (unpaired) electrons. The molecule has 0 aliphatic heterocycles. The van der Waals surface area contributed by atoms with Crippen LogP contribution in [-0.4, -0.2) is 24.5 Å². The van der Waals surface area contributed by atoms with Gasteiger partial charge in [-0.05, 0) is 31.0 Å². The first-order valence-electron chi connectivity index (χ1n) is 7.75. The van der Waals surface area contributed by atoms with Crippen molar-refractivity contribution >= 4 is 33.5 Å². The second-order valence-electron chi connectivity index (χ2n) is 5.59. The molecule has 1 aliphatic carbocycles. The van der Waals surface area contributed by atoms with Crippen LogP contribution in [0.15, 0.2) is 33.7 Å². The predicted octanol–water partition coefficient (Wildman–Crippen LogP) is 3.01. The fourth-order valence-corrected chi connectivity index (χ4v) is 3.00. The van der Waals surface area contributed by atoms with E-state index in [1.54, 1.807) is 0 Å². The molecular weight excluding hydrogens is 344 g/mol. The van der Waals surface area contributed by atoms with E-state index in [-0.39, 0.29) is 12.5 Å². The van der Waals surface area contributed by atoms with Gasteiger partial charge in [0.2, 0.25) is 5.91 Å². The molecule has 1 aromatic rings. The number of benzene rings is 1. The summed E-state index contributed by atoms with van der Waals surface area (Å²) in [6, 6.07) is 7.83. The average molecular weight is 367 g/mol. The van der Waals surface area contributed by atoms with Crippen LogP contribution in [0, 0.1) is 0 Å². The normalized spacial score (nSPS) is 16.9. The molecular formula is C16H23BrN4O. The maximum atomic E-state index is 11.9. The summed E-state index contributed by atoms with van der Waals surface area (Å²) < 4.78 is 0.920. The number of hydrogen-bond donors (Lipinski definition) is 3. The zero-order valence-corrected chi connectivity index (χ0v) is 14.2. The number of rotatable bonds is 4. The third-order valence-corrected chi connectivity index (χ3v) is 4.20. The third kappa shape index (κ3) is 6.05. The lowest BCUT2D eigenvalue weighted by molar-refractivity contribution is -0.114. The molecule has 0 unspecified atom stereocenters. The van der Waals surface area contributed by atoms with Gasteiger partial charge in [0.05, 0.1) is 0 Å². The Balaban J connectivity index is 1.78. The van der Waals surface area contributed by atoms with E-state index in [9.17, 15) is 4.79 Å². The number of carbonyl (C=O) groups excluding carboxylic acids is 1. The van der Waals surface area contributed by atoms with Crippen molar-refractivity contribution in [3.05, 3.63) is 28.7 Å². The lowest BCUT2D eigenvalue weighted by Gasteiger charge is -2.16. The summed E-state index contributed by atoms with van der Waals surface area (Å²) in [5.74, 6) is 0.181. The van der Waals surface area contributed by atoms with Gasteiger partial charge in [0, 0.05) is 16.2 Å². The molecule has 0 spiro atoms. The van der Waals surface area contributed by atoms with E-state index in [0.717, 1.165) is 23.0 Å². The highest BCUT2D eigenvalue weighted by atomic mass is 79.9. The Morgan fingerprint density at radius 3 is 2.68 bits per heavy atom. The zero-order valence-electron chi connectivity index (χ0n) is 12.6. The number of nitrogens with zero attached hydrogens (tertiary/aromatic N) is 1. The molecule has 22 heavy (non-hydrogen) atoms. The molecule has 1 aromatic carbocycles. The summed E-state index contributed by atoms with van der Waals surface area (Å²) in [6.45, 7) is 0.0259. The van der Waals surface area contributed by atoms with Gasteiger partial charge in [0.15, 0.2) is 5.96 Å². The number of nitrogens with two attached hydrogens (primary N) is 1. The highest BCUT2D eigenvalue weighted by Crippen LogP contribution is 2.17. The summed E-state index contributed by atoms with van der Waals surface area (Å²) in [7, 11) is 0. The fraction of sp³-hybridized carbons (Fsp3) is 0.500. The Kier molecular flexibility index (Phi) is 6.71. The molecule has 2 rings (SSSR count). The van der Waals surface area contributed by atoms with Gasteiger partial charge in [-0.1, -0.05) is 47.7 Å². The van der Waals surface area contributed by atoms with Crippen LogP contribution < -0.4 is 16.4 Å². The Morgan fingerprint density at radius 1 is 1.27 bits per heavy atom. The molecule has 1 aliphatic rings. The van der Waals surface area contributed by atoms with Crippen molar-refractivity contribution < 1.29 is 4.79 Å². The summed E-state index contributed by atoms with van der Waals surface area (Å²) in [5, 5.41) is 6.02. The zero-order chi connectivity index (χ0) is 15.8. The van der Waals surface area contributed by atoms with Crippen molar-refractivity contribution in [2.24, 2.45) is 10.7 Å². The van der Waals surface area contributed by atoms with Gasteiger partial charge in [-0.3, -0.25) is 4.79 Å². The van der Waals surface area contributed by atoms with Gasteiger partial charge in [0.25, 0.3) is 0 Å². The molecule has 0 bridgehead atoms. The highest BCUT2D eigenvalue weighted by Gasteiger charge is 2.12. The monoisotopic (exact) mass is 366 g/mol. The van der Waals surface area contributed by atoms with Crippen LogP contribution in [0.3, 0.4) is 0 Å². The first-order chi connectivity index (χ1) is 10.6. The van der Waals surface area contributed by atoms with Gasteiger partial charge in [-0.25, -0.2) is 4.99 Å². The molecule has 1 saturated carbocycles. The topological polar surface area (TPSA) is 79.5 Å². The molecule has 0 aromatic heterocycles. The van der Waals surface area contributed by atoms with Crippen LogP contribution in [0.25, 0.3) is 0 Å². The minimum absolute atomic E-state index is 0.0259. The Bertz CT molecular complexity index is 525. The number of halogens is 1. The summed E-state index contributed by atoms with van der Waals surface area (Å²) >= 11 is 3.37. The van der Waals surface area contributed by atoms with E-state index in [1.807, 2.05) is 24.3 Å². The van der Waals surface area contributed by atoms with Gasteiger partial charge in [-0.2, -0.15) is 0 Å². The quantitative estimate of drug-likeness (QED) is 0.435. The van der Waals surface area contributed by atoms with Gasteiger partial charge >= 0.3 is 0 Å². The molecule has 4 N–H and O–H groups in total. The van der Waals surface area contributed by atoms with Crippen molar-refractivity contribution in [2.75, 3.05) is 11.9 Å². The number of nitrogens with one attached hydrogen (secondary N) is 2. The summed E-state index contributed by atoms with van der Waals surface area (Å²) in [6.07, 6.45) is 7.30.